The Morgan fingerprint density at radius 2 is 1.45 bits per heavy atom. The molecule has 2 heterocycles. The van der Waals surface area contributed by atoms with Gasteiger partial charge >= 0.3 is 6.18 Å². The second kappa shape index (κ2) is 10.3. The summed E-state index contributed by atoms with van der Waals surface area (Å²) in [4.78, 5) is 21.6. The molecule has 0 spiro atoms. The van der Waals surface area contributed by atoms with Crippen LogP contribution in [0, 0.1) is 6.92 Å². The maximum Gasteiger partial charge on any atom is 0.416 e. The first-order valence-corrected chi connectivity index (χ1v) is 15.3. The number of aromatic nitrogens is 2. The summed E-state index contributed by atoms with van der Waals surface area (Å²) in [6, 6.07) is 19.9. The maximum absolute atomic E-state index is 12.8. The van der Waals surface area contributed by atoms with Gasteiger partial charge in [0.2, 0.25) is 0 Å². The lowest BCUT2D eigenvalue weighted by Crippen LogP contribution is -2.12. The molecule has 0 saturated heterocycles. The predicted molar refractivity (Wildman–Crippen MR) is 158 cm³/mol. The van der Waals surface area contributed by atoms with Crippen molar-refractivity contribution in [2.24, 2.45) is 0 Å². The Kier molecular flexibility index (Phi) is 6.84. The third kappa shape index (κ3) is 5.39. The van der Waals surface area contributed by atoms with Crippen molar-refractivity contribution in [1.82, 2.24) is 9.97 Å². The van der Waals surface area contributed by atoms with E-state index in [1.54, 1.807) is 43.3 Å². The van der Waals surface area contributed by atoms with Crippen molar-refractivity contribution in [3.63, 3.8) is 0 Å². The molecule has 6 aromatic rings. The molecule has 13 heteroatoms. The lowest BCUT2D eigenvalue weighted by molar-refractivity contribution is -0.137. The smallest absolute Gasteiger partial charge is 0.322 e. The molecule has 0 fully saturated rings. The zero-order chi connectivity index (χ0) is 29.8. The van der Waals surface area contributed by atoms with Crippen molar-refractivity contribution in [2.45, 2.75) is 18.0 Å². The molecule has 1 amide bonds. The molecule has 0 atom stereocenters. The SMILES string of the molecule is Cc1ccc2nc(-c3ccc4nc(-c5ccc(NC(=O)c6ccc(C(F)(F)F)cc6)cc5)sc4c3)sc2c1S(=O)(=O)O. The van der Waals surface area contributed by atoms with Crippen LogP contribution in [-0.2, 0) is 16.3 Å². The van der Waals surface area contributed by atoms with Crippen LogP contribution < -0.4 is 5.32 Å². The number of hydrogen-bond donors (Lipinski definition) is 2. The second-order valence-corrected chi connectivity index (χ2v) is 12.8. The van der Waals surface area contributed by atoms with E-state index < -0.39 is 27.8 Å². The van der Waals surface area contributed by atoms with Crippen molar-refractivity contribution in [2.75, 3.05) is 5.32 Å². The number of rotatable bonds is 5. The number of halogens is 3. The normalized spacial score (nSPS) is 12.2. The van der Waals surface area contributed by atoms with Crippen molar-refractivity contribution in [3.8, 4) is 21.1 Å². The monoisotopic (exact) mass is 625 g/mol. The molecular weight excluding hydrogens is 608 g/mol. The zero-order valence-electron chi connectivity index (χ0n) is 21.4. The molecule has 0 saturated carbocycles. The fourth-order valence-electron chi connectivity index (χ4n) is 4.40. The molecular formula is C29H18F3N3O4S3. The molecule has 7 nitrogen and oxygen atoms in total. The number of nitrogens with one attached hydrogen (secondary N) is 1. The number of carbonyl (C=O) groups is 1. The molecule has 0 radical (unpaired) electrons. The van der Waals surface area contributed by atoms with E-state index in [-0.39, 0.29) is 10.5 Å². The second-order valence-electron chi connectivity index (χ2n) is 9.36. The van der Waals surface area contributed by atoms with Crippen LogP contribution in [0.5, 0.6) is 0 Å². The maximum atomic E-state index is 12.8. The van der Waals surface area contributed by atoms with Gasteiger partial charge in [0.1, 0.15) is 14.9 Å². The summed E-state index contributed by atoms with van der Waals surface area (Å²) in [5.74, 6) is -0.530. The van der Waals surface area contributed by atoms with Crippen molar-refractivity contribution in [1.29, 1.82) is 0 Å². The number of nitrogens with zero attached hydrogens (tertiary/aromatic N) is 2. The van der Waals surface area contributed by atoms with E-state index in [0.29, 0.717) is 26.5 Å². The lowest BCUT2D eigenvalue weighted by Gasteiger charge is -2.08. The lowest BCUT2D eigenvalue weighted by atomic mass is 10.1. The van der Waals surface area contributed by atoms with Gasteiger partial charge in [-0.2, -0.15) is 21.6 Å². The van der Waals surface area contributed by atoms with Crippen LogP contribution in [0.15, 0.2) is 83.8 Å². The van der Waals surface area contributed by atoms with E-state index in [2.05, 4.69) is 10.3 Å². The number of anilines is 1. The van der Waals surface area contributed by atoms with Gasteiger partial charge < -0.3 is 5.32 Å². The summed E-state index contributed by atoms with van der Waals surface area (Å²) in [6.07, 6.45) is -4.47. The minimum Gasteiger partial charge on any atom is -0.322 e. The van der Waals surface area contributed by atoms with E-state index in [1.807, 2.05) is 18.2 Å². The van der Waals surface area contributed by atoms with Crippen LogP contribution in [0.1, 0.15) is 21.5 Å². The minimum atomic E-state index is -4.47. The first kappa shape index (κ1) is 28.0. The molecule has 212 valence electrons. The van der Waals surface area contributed by atoms with Gasteiger partial charge in [-0.15, -0.1) is 22.7 Å². The molecule has 4 aromatic carbocycles. The van der Waals surface area contributed by atoms with E-state index >= 15 is 0 Å². The van der Waals surface area contributed by atoms with Gasteiger partial charge in [0, 0.05) is 22.4 Å². The molecule has 0 aliphatic rings. The van der Waals surface area contributed by atoms with Crippen molar-refractivity contribution < 1.29 is 30.9 Å². The fourth-order valence-corrected chi connectivity index (χ4v) is 7.72. The highest BCUT2D eigenvalue weighted by molar-refractivity contribution is 7.86. The van der Waals surface area contributed by atoms with Gasteiger partial charge in [0.25, 0.3) is 16.0 Å². The standard InChI is InChI=1S/C29H18F3N3O4S3/c1-15-2-12-22-24(25(15)42(37,38)39)41-28(35-22)18-7-13-21-23(14-18)40-27(34-21)17-5-10-20(11-6-17)33-26(36)16-3-8-19(9-4-16)29(30,31)32/h2-14H,1H3,(H,33,36)(H,37,38,39). The number of amides is 1. The van der Waals surface area contributed by atoms with Gasteiger partial charge in [0.15, 0.2) is 0 Å². The van der Waals surface area contributed by atoms with Gasteiger partial charge in [-0.1, -0.05) is 6.07 Å². The van der Waals surface area contributed by atoms with Crippen LogP contribution in [0.4, 0.5) is 18.9 Å². The first-order chi connectivity index (χ1) is 19.9. The molecule has 2 N–H and O–H groups in total. The molecule has 0 bridgehead atoms. The molecule has 2 aromatic heterocycles. The topological polar surface area (TPSA) is 109 Å². The summed E-state index contributed by atoms with van der Waals surface area (Å²) in [7, 11) is -4.42. The van der Waals surface area contributed by atoms with Crippen LogP contribution in [0.3, 0.4) is 0 Å². The number of hydrogen-bond acceptors (Lipinski definition) is 7. The number of fused-ring (bicyclic) bond motifs is 2. The molecule has 0 unspecified atom stereocenters. The number of thiazole rings is 2. The quantitative estimate of drug-likeness (QED) is 0.188. The highest BCUT2D eigenvalue weighted by Crippen LogP contribution is 2.38. The Balaban J connectivity index is 1.23. The summed E-state index contributed by atoms with van der Waals surface area (Å²) in [6.45, 7) is 1.62. The van der Waals surface area contributed by atoms with Gasteiger partial charge in [-0.3, -0.25) is 9.35 Å². The van der Waals surface area contributed by atoms with Crippen LogP contribution in [-0.4, -0.2) is 28.8 Å². The third-order valence-corrected chi connectivity index (χ3v) is 9.84. The Morgan fingerprint density at radius 1 is 0.833 bits per heavy atom. The van der Waals surface area contributed by atoms with E-state index in [0.717, 1.165) is 50.6 Å². The summed E-state index contributed by atoms with van der Waals surface area (Å²) in [5, 5.41) is 4.01. The highest BCUT2D eigenvalue weighted by atomic mass is 32.2. The van der Waals surface area contributed by atoms with Gasteiger partial charge in [-0.05, 0) is 85.3 Å². The van der Waals surface area contributed by atoms with E-state index in [1.165, 1.54) is 22.7 Å². The summed E-state index contributed by atoms with van der Waals surface area (Å²) < 4.78 is 73.3. The fraction of sp³-hybridized carbons (Fsp3) is 0.0690. The average molecular weight is 626 g/mol. The number of aryl methyl sites for hydroxylation is 1. The summed E-state index contributed by atoms with van der Waals surface area (Å²) in [5.41, 5.74) is 3.00. The molecule has 0 aliphatic heterocycles. The van der Waals surface area contributed by atoms with Gasteiger partial charge in [-0.25, -0.2) is 9.97 Å². The Hall–Kier alpha value is -4.17. The first-order valence-electron chi connectivity index (χ1n) is 12.2. The predicted octanol–water partition coefficient (Wildman–Crippen LogP) is 8.07. The Morgan fingerprint density at radius 3 is 2.12 bits per heavy atom. The molecule has 42 heavy (non-hydrogen) atoms. The zero-order valence-corrected chi connectivity index (χ0v) is 23.9. The number of benzene rings is 4. The van der Waals surface area contributed by atoms with Gasteiger partial charge in [0.05, 0.1) is 26.0 Å². The Bertz CT molecular complexity index is 2100. The average Bonchev–Trinajstić information content (AvgIpc) is 3.56. The number of carbonyl (C=O) groups excluding carboxylic acids is 1. The Labute approximate surface area is 245 Å². The van der Waals surface area contributed by atoms with Crippen LogP contribution >= 0.6 is 22.7 Å². The van der Waals surface area contributed by atoms with Crippen molar-refractivity contribution >= 4 is 64.8 Å². The minimum absolute atomic E-state index is 0.103. The molecule has 0 aliphatic carbocycles. The van der Waals surface area contributed by atoms with Crippen LogP contribution in [0.2, 0.25) is 0 Å². The largest absolute Gasteiger partial charge is 0.416 e. The summed E-state index contributed by atoms with van der Waals surface area (Å²) >= 11 is 2.63. The molecule has 6 rings (SSSR count). The van der Waals surface area contributed by atoms with Crippen molar-refractivity contribution in [3.05, 3.63) is 95.6 Å². The third-order valence-electron chi connectivity index (χ3n) is 6.47. The number of alkyl halides is 3. The van der Waals surface area contributed by atoms with E-state index in [4.69, 9.17) is 4.98 Å². The van der Waals surface area contributed by atoms with Crippen LogP contribution in [0.25, 0.3) is 41.6 Å². The highest BCUT2D eigenvalue weighted by Gasteiger charge is 2.30. The van der Waals surface area contributed by atoms with E-state index in [9.17, 15) is 30.9 Å².